The lowest BCUT2D eigenvalue weighted by atomic mass is 9.93. The van der Waals surface area contributed by atoms with Crippen molar-refractivity contribution in [1.29, 1.82) is 0 Å². The van der Waals surface area contributed by atoms with E-state index in [1.54, 1.807) is 7.11 Å². The van der Waals surface area contributed by atoms with Gasteiger partial charge in [-0.1, -0.05) is 0 Å². The van der Waals surface area contributed by atoms with E-state index in [0.717, 1.165) is 29.6 Å². The van der Waals surface area contributed by atoms with Gasteiger partial charge in [-0.2, -0.15) is 0 Å². The zero-order chi connectivity index (χ0) is 11.1. The smallest absolute Gasteiger partial charge is 0.326 e. The number of ether oxygens (including phenoxy) is 1. The molecule has 1 aromatic carbocycles. The summed E-state index contributed by atoms with van der Waals surface area (Å²) in [5.41, 5.74) is 1.83. The van der Waals surface area contributed by atoms with E-state index >= 15 is 0 Å². The van der Waals surface area contributed by atoms with Gasteiger partial charge in [0.05, 0.1) is 18.1 Å². The SMILES string of the molecule is COc1ccc2c(c1)[nH]c(=O)n2C1CCC1. The minimum Gasteiger partial charge on any atom is -0.497 e. The molecule has 2 aromatic rings. The minimum absolute atomic E-state index is 0.00652. The molecule has 0 aliphatic heterocycles. The molecule has 16 heavy (non-hydrogen) atoms. The second-order valence-electron chi connectivity index (χ2n) is 4.27. The molecule has 0 unspecified atom stereocenters. The Balaban J connectivity index is 2.20. The van der Waals surface area contributed by atoms with E-state index in [-0.39, 0.29) is 5.69 Å². The number of H-pyrrole nitrogens is 1. The number of aromatic nitrogens is 2. The van der Waals surface area contributed by atoms with E-state index in [0.29, 0.717) is 6.04 Å². The predicted molar refractivity (Wildman–Crippen MR) is 62.0 cm³/mol. The van der Waals surface area contributed by atoms with Gasteiger partial charge in [0.2, 0.25) is 0 Å². The molecule has 1 aliphatic rings. The molecule has 84 valence electrons. The number of methoxy groups -OCH3 is 1. The Labute approximate surface area is 92.8 Å². The van der Waals surface area contributed by atoms with Gasteiger partial charge in [0.15, 0.2) is 0 Å². The van der Waals surface area contributed by atoms with Crippen LogP contribution in [0.2, 0.25) is 0 Å². The molecule has 1 aromatic heterocycles. The van der Waals surface area contributed by atoms with Crippen molar-refractivity contribution in [2.75, 3.05) is 7.11 Å². The molecule has 0 atom stereocenters. The number of hydrogen-bond donors (Lipinski definition) is 1. The molecule has 1 fully saturated rings. The third-order valence-electron chi connectivity index (χ3n) is 3.36. The Morgan fingerprint density at radius 1 is 1.44 bits per heavy atom. The average molecular weight is 218 g/mol. The first-order valence-electron chi connectivity index (χ1n) is 5.58. The normalized spacial score (nSPS) is 16.3. The van der Waals surface area contributed by atoms with Gasteiger partial charge in [0.1, 0.15) is 5.75 Å². The van der Waals surface area contributed by atoms with E-state index in [1.807, 2.05) is 22.8 Å². The molecular weight excluding hydrogens is 204 g/mol. The molecule has 0 bridgehead atoms. The summed E-state index contributed by atoms with van der Waals surface area (Å²) in [6.45, 7) is 0. The van der Waals surface area contributed by atoms with E-state index < -0.39 is 0 Å². The van der Waals surface area contributed by atoms with Crippen molar-refractivity contribution in [2.45, 2.75) is 25.3 Å². The fraction of sp³-hybridized carbons (Fsp3) is 0.417. The van der Waals surface area contributed by atoms with Crippen LogP contribution in [0.4, 0.5) is 0 Å². The second kappa shape index (κ2) is 3.40. The van der Waals surface area contributed by atoms with Crippen LogP contribution in [0.1, 0.15) is 25.3 Å². The van der Waals surface area contributed by atoms with E-state index in [9.17, 15) is 4.79 Å². The van der Waals surface area contributed by atoms with Crippen molar-refractivity contribution in [3.8, 4) is 5.75 Å². The lowest BCUT2D eigenvalue weighted by Gasteiger charge is -2.26. The second-order valence-corrected chi connectivity index (χ2v) is 4.27. The van der Waals surface area contributed by atoms with E-state index in [4.69, 9.17) is 4.74 Å². The number of hydrogen-bond acceptors (Lipinski definition) is 2. The first-order chi connectivity index (χ1) is 7.79. The van der Waals surface area contributed by atoms with Gasteiger partial charge in [0.25, 0.3) is 0 Å². The van der Waals surface area contributed by atoms with E-state index in [1.165, 1.54) is 6.42 Å². The Morgan fingerprint density at radius 2 is 2.25 bits per heavy atom. The molecule has 1 heterocycles. The number of nitrogens with one attached hydrogen (secondary N) is 1. The van der Waals surface area contributed by atoms with Crippen LogP contribution in [0.25, 0.3) is 11.0 Å². The molecule has 1 saturated carbocycles. The van der Waals surface area contributed by atoms with Crippen molar-refractivity contribution in [3.63, 3.8) is 0 Å². The van der Waals surface area contributed by atoms with Gasteiger partial charge in [0, 0.05) is 12.1 Å². The highest BCUT2D eigenvalue weighted by Gasteiger charge is 2.23. The zero-order valence-corrected chi connectivity index (χ0v) is 9.19. The molecule has 0 spiro atoms. The van der Waals surface area contributed by atoms with Crippen LogP contribution in [0, 0.1) is 0 Å². The Bertz CT molecular complexity index is 578. The summed E-state index contributed by atoms with van der Waals surface area (Å²) in [6.07, 6.45) is 3.44. The first-order valence-corrected chi connectivity index (χ1v) is 5.58. The Hall–Kier alpha value is -1.71. The summed E-state index contributed by atoms with van der Waals surface area (Å²) < 4.78 is 7.01. The molecule has 0 saturated heterocycles. The van der Waals surface area contributed by atoms with Crippen LogP contribution in [0.5, 0.6) is 5.75 Å². The Morgan fingerprint density at radius 3 is 2.88 bits per heavy atom. The Kier molecular flexibility index (Phi) is 2.02. The van der Waals surface area contributed by atoms with Crippen LogP contribution < -0.4 is 10.4 Å². The number of benzene rings is 1. The van der Waals surface area contributed by atoms with Crippen molar-refractivity contribution >= 4 is 11.0 Å². The quantitative estimate of drug-likeness (QED) is 0.838. The third-order valence-corrected chi connectivity index (χ3v) is 3.36. The standard InChI is InChI=1S/C12H14N2O2/c1-16-9-5-6-11-10(7-9)13-12(15)14(11)8-3-2-4-8/h5-8H,2-4H2,1H3,(H,13,15). The fourth-order valence-electron chi connectivity index (χ4n) is 2.24. The highest BCUT2D eigenvalue weighted by molar-refractivity contribution is 5.77. The summed E-state index contributed by atoms with van der Waals surface area (Å²) in [6, 6.07) is 6.09. The maximum Gasteiger partial charge on any atom is 0.326 e. The van der Waals surface area contributed by atoms with Gasteiger partial charge in [-0.05, 0) is 31.4 Å². The van der Waals surface area contributed by atoms with Gasteiger partial charge < -0.3 is 9.72 Å². The first kappa shape index (κ1) is 9.51. The number of nitrogens with zero attached hydrogens (tertiary/aromatic N) is 1. The van der Waals surface area contributed by atoms with Gasteiger partial charge in [-0.25, -0.2) is 4.79 Å². The highest BCUT2D eigenvalue weighted by atomic mass is 16.5. The average Bonchev–Trinajstić information content (AvgIpc) is 2.53. The number of imidazole rings is 1. The summed E-state index contributed by atoms with van der Waals surface area (Å²) >= 11 is 0. The molecular formula is C12H14N2O2. The van der Waals surface area contributed by atoms with Gasteiger partial charge in [-0.3, -0.25) is 4.57 Å². The van der Waals surface area contributed by atoms with Crippen LogP contribution in [-0.4, -0.2) is 16.7 Å². The van der Waals surface area contributed by atoms with Crippen LogP contribution >= 0.6 is 0 Å². The summed E-state index contributed by atoms with van der Waals surface area (Å²) in [5.74, 6) is 0.773. The van der Waals surface area contributed by atoms with Gasteiger partial charge >= 0.3 is 5.69 Å². The molecule has 1 N–H and O–H groups in total. The van der Waals surface area contributed by atoms with Crippen LogP contribution in [-0.2, 0) is 0 Å². The van der Waals surface area contributed by atoms with E-state index in [2.05, 4.69) is 4.98 Å². The molecule has 3 rings (SSSR count). The monoisotopic (exact) mass is 218 g/mol. The highest BCUT2D eigenvalue weighted by Crippen LogP contribution is 2.33. The van der Waals surface area contributed by atoms with Crippen LogP contribution in [0.15, 0.2) is 23.0 Å². The summed E-state index contributed by atoms with van der Waals surface area (Å²) in [5, 5.41) is 0. The van der Waals surface area contributed by atoms with Crippen molar-refractivity contribution < 1.29 is 4.74 Å². The number of aromatic amines is 1. The minimum atomic E-state index is -0.00652. The molecule has 0 amide bonds. The van der Waals surface area contributed by atoms with Crippen LogP contribution in [0.3, 0.4) is 0 Å². The summed E-state index contributed by atoms with van der Waals surface area (Å²) in [7, 11) is 1.63. The third kappa shape index (κ3) is 1.26. The van der Waals surface area contributed by atoms with Crippen molar-refractivity contribution in [2.24, 2.45) is 0 Å². The maximum absolute atomic E-state index is 11.8. The lowest BCUT2D eigenvalue weighted by molar-refractivity contribution is 0.314. The number of rotatable bonds is 2. The number of fused-ring (bicyclic) bond motifs is 1. The maximum atomic E-state index is 11.8. The summed E-state index contributed by atoms with van der Waals surface area (Å²) in [4.78, 5) is 14.7. The molecule has 4 heteroatoms. The zero-order valence-electron chi connectivity index (χ0n) is 9.19. The van der Waals surface area contributed by atoms with Crippen molar-refractivity contribution in [3.05, 3.63) is 28.7 Å². The molecule has 0 radical (unpaired) electrons. The lowest BCUT2D eigenvalue weighted by Crippen LogP contribution is -2.26. The topological polar surface area (TPSA) is 47.0 Å². The molecule has 4 nitrogen and oxygen atoms in total. The fourth-order valence-corrected chi connectivity index (χ4v) is 2.24. The predicted octanol–water partition coefficient (Wildman–Crippen LogP) is 2.06. The van der Waals surface area contributed by atoms with Crippen molar-refractivity contribution in [1.82, 2.24) is 9.55 Å². The largest absolute Gasteiger partial charge is 0.497 e. The molecule has 1 aliphatic carbocycles. The van der Waals surface area contributed by atoms with Gasteiger partial charge in [-0.15, -0.1) is 0 Å².